The molecule has 0 aromatic heterocycles. The molecule has 5 heteroatoms. The minimum Gasteiger partial charge on any atom is -0.318 e. The Morgan fingerprint density at radius 3 is 2.76 bits per heavy atom. The lowest BCUT2D eigenvalue weighted by molar-refractivity contribution is 0.367. The summed E-state index contributed by atoms with van der Waals surface area (Å²) in [6, 6.07) is 7.73. The highest BCUT2D eigenvalue weighted by Crippen LogP contribution is 2.19. The van der Waals surface area contributed by atoms with Crippen LogP contribution in [0.4, 0.5) is 0 Å². The van der Waals surface area contributed by atoms with Gasteiger partial charge in [-0.1, -0.05) is 29.8 Å². The summed E-state index contributed by atoms with van der Waals surface area (Å²) in [6.07, 6.45) is 2.55. The second kappa shape index (κ2) is 5.38. The SMILES string of the molecule is C=CCN1C(=S)N=NC1Cc1ccc(Cl)cc1. The monoisotopic (exact) mass is 265 g/mol. The standard InChI is InChI=1S/C12H12ClN3S/c1-2-7-16-11(14-15-12(16)17)8-9-3-5-10(13)6-4-9/h2-6,11H,1,7-8H2. The summed E-state index contributed by atoms with van der Waals surface area (Å²) in [5, 5.41) is 9.37. The van der Waals surface area contributed by atoms with E-state index < -0.39 is 0 Å². The Hall–Kier alpha value is -1.26. The number of hydrogen-bond donors (Lipinski definition) is 0. The van der Waals surface area contributed by atoms with Gasteiger partial charge in [-0.15, -0.1) is 11.7 Å². The van der Waals surface area contributed by atoms with E-state index in [9.17, 15) is 0 Å². The predicted molar refractivity (Wildman–Crippen MR) is 73.3 cm³/mol. The van der Waals surface area contributed by atoms with E-state index in [1.807, 2.05) is 29.2 Å². The van der Waals surface area contributed by atoms with Crippen LogP contribution in [0.1, 0.15) is 5.56 Å². The molecule has 0 bridgehead atoms. The van der Waals surface area contributed by atoms with Crippen LogP contribution in [0, 0.1) is 0 Å². The van der Waals surface area contributed by atoms with Gasteiger partial charge < -0.3 is 4.90 Å². The molecular weight excluding hydrogens is 254 g/mol. The first kappa shape index (κ1) is 12.2. The average Bonchev–Trinajstić information content (AvgIpc) is 2.65. The van der Waals surface area contributed by atoms with Crippen LogP contribution in [-0.2, 0) is 6.42 Å². The number of halogens is 1. The molecule has 0 aliphatic carbocycles. The molecule has 0 N–H and O–H groups in total. The minimum absolute atomic E-state index is 0.0262. The minimum atomic E-state index is -0.0262. The lowest BCUT2D eigenvalue weighted by Gasteiger charge is -2.21. The summed E-state index contributed by atoms with van der Waals surface area (Å²) < 4.78 is 0. The van der Waals surface area contributed by atoms with Crippen molar-refractivity contribution >= 4 is 28.9 Å². The molecular formula is C12H12ClN3S. The molecule has 1 aromatic carbocycles. The highest BCUT2D eigenvalue weighted by Gasteiger charge is 2.25. The van der Waals surface area contributed by atoms with E-state index in [1.54, 1.807) is 6.08 Å². The molecule has 0 fully saturated rings. The number of rotatable bonds is 4. The molecule has 0 radical (unpaired) electrons. The predicted octanol–water partition coefficient (Wildman–Crippen LogP) is 3.45. The second-order valence-corrected chi connectivity index (χ2v) is 4.55. The Morgan fingerprint density at radius 1 is 1.41 bits per heavy atom. The molecule has 1 aliphatic heterocycles. The maximum atomic E-state index is 5.84. The Labute approximate surface area is 111 Å². The molecule has 1 unspecified atom stereocenters. The molecule has 1 heterocycles. The van der Waals surface area contributed by atoms with Gasteiger partial charge in [-0.3, -0.25) is 0 Å². The van der Waals surface area contributed by atoms with E-state index in [0.717, 1.165) is 17.0 Å². The van der Waals surface area contributed by atoms with Gasteiger partial charge in [0.05, 0.1) is 0 Å². The van der Waals surface area contributed by atoms with Crippen LogP contribution in [0.2, 0.25) is 5.02 Å². The zero-order valence-corrected chi connectivity index (χ0v) is 10.8. The normalized spacial score (nSPS) is 18.8. The molecule has 0 saturated heterocycles. The van der Waals surface area contributed by atoms with E-state index in [0.29, 0.717) is 11.7 Å². The van der Waals surface area contributed by atoms with Crippen molar-refractivity contribution in [2.24, 2.45) is 10.2 Å². The van der Waals surface area contributed by atoms with Gasteiger partial charge >= 0.3 is 0 Å². The molecule has 0 saturated carbocycles. The van der Waals surface area contributed by atoms with Gasteiger partial charge in [0.15, 0.2) is 0 Å². The first-order chi connectivity index (χ1) is 8.20. The maximum absolute atomic E-state index is 5.84. The summed E-state index contributed by atoms with van der Waals surface area (Å²) in [5.74, 6) is 0. The fraction of sp³-hybridized carbons (Fsp3) is 0.250. The fourth-order valence-electron chi connectivity index (χ4n) is 1.68. The lowest BCUT2D eigenvalue weighted by Crippen LogP contribution is -2.34. The Bertz CT molecular complexity index is 455. The van der Waals surface area contributed by atoms with E-state index in [4.69, 9.17) is 23.8 Å². The number of azo groups is 1. The third-order valence-electron chi connectivity index (χ3n) is 2.54. The summed E-state index contributed by atoms with van der Waals surface area (Å²) >= 11 is 11.0. The number of hydrogen-bond acceptors (Lipinski definition) is 2. The summed E-state index contributed by atoms with van der Waals surface area (Å²) in [4.78, 5) is 1.96. The van der Waals surface area contributed by atoms with Crippen molar-refractivity contribution in [1.82, 2.24) is 4.90 Å². The zero-order chi connectivity index (χ0) is 12.3. The van der Waals surface area contributed by atoms with Crippen LogP contribution in [0.15, 0.2) is 47.1 Å². The third-order valence-corrected chi connectivity index (χ3v) is 3.11. The lowest BCUT2D eigenvalue weighted by atomic mass is 10.1. The molecule has 1 aliphatic rings. The molecule has 1 atom stereocenters. The van der Waals surface area contributed by atoms with Crippen LogP contribution < -0.4 is 0 Å². The molecule has 17 heavy (non-hydrogen) atoms. The molecule has 3 nitrogen and oxygen atoms in total. The molecule has 0 amide bonds. The smallest absolute Gasteiger partial charge is 0.218 e. The van der Waals surface area contributed by atoms with Crippen molar-refractivity contribution in [3.8, 4) is 0 Å². The van der Waals surface area contributed by atoms with Gasteiger partial charge in [-0.25, -0.2) is 0 Å². The van der Waals surface area contributed by atoms with Crippen molar-refractivity contribution in [2.45, 2.75) is 12.6 Å². The number of benzene rings is 1. The molecule has 88 valence electrons. The van der Waals surface area contributed by atoms with Crippen molar-refractivity contribution in [3.63, 3.8) is 0 Å². The van der Waals surface area contributed by atoms with Gasteiger partial charge in [-0.05, 0) is 29.9 Å². The van der Waals surface area contributed by atoms with E-state index >= 15 is 0 Å². The number of thiocarbonyl (C=S) groups is 1. The highest BCUT2D eigenvalue weighted by molar-refractivity contribution is 7.80. The van der Waals surface area contributed by atoms with Gasteiger partial charge in [0, 0.05) is 18.0 Å². The van der Waals surface area contributed by atoms with Gasteiger partial charge in [-0.2, -0.15) is 5.11 Å². The van der Waals surface area contributed by atoms with Gasteiger partial charge in [0.2, 0.25) is 5.11 Å². The summed E-state index contributed by atoms with van der Waals surface area (Å²) in [5.41, 5.74) is 1.16. The van der Waals surface area contributed by atoms with Crippen molar-refractivity contribution in [2.75, 3.05) is 6.54 Å². The van der Waals surface area contributed by atoms with Crippen LogP contribution in [0.3, 0.4) is 0 Å². The van der Waals surface area contributed by atoms with Crippen molar-refractivity contribution in [1.29, 1.82) is 0 Å². The Morgan fingerprint density at radius 2 is 2.12 bits per heavy atom. The maximum Gasteiger partial charge on any atom is 0.218 e. The largest absolute Gasteiger partial charge is 0.318 e. The average molecular weight is 266 g/mol. The molecule has 0 spiro atoms. The van der Waals surface area contributed by atoms with Crippen LogP contribution in [0.5, 0.6) is 0 Å². The van der Waals surface area contributed by atoms with E-state index in [1.165, 1.54) is 0 Å². The Balaban J connectivity index is 2.07. The van der Waals surface area contributed by atoms with Crippen molar-refractivity contribution < 1.29 is 0 Å². The number of nitrogens with zero attached hydrogens (tertiary/aromatic N) is 3. The molecule has 2 rings (SSSR count). The summed E-state index contributed by atoms with van der Waals surface area (Å²) in [7, 11) is 0. The highest BCUT2D eigenvalue weighted by atomic mass is 35.5. The second-order valence-electron chi connectivity index (χ2n) is 3.75. The third kappa shape index (κ3) is 2.90. The Kier molecular flexibility index (Phi) is 3.86. The van der Waals surface area contributed by atoms with Gasteiger partial charge in [0.1, 0.15) is 6.17 Å². The zero-order valence-electron chi connectivity index (χ0n) is 9.21. The summed E-state index contributed by atoms with van der Waals surface area (Å²) in [6.45, 7) is 4.38. The quantitative estimate of drug-likeness (QED) is 0.616. The van der Waals surface area contributed by atoms with Crippen LogP contribution in [-0.4, -0.2) is 22.7 Å². The van der Waals surface area contributed by atoms with Gasteiger partial charge in [0.25, 0.3) is 0 Å². The topological polar surface area (TPSA) is 28.0 Å². The first-order valence-electron chi connectivity index (χ1n) is 5.27. The van der Waals surface area contributed by atoms with Crippen LogP contribution >= 0.6 is 23.8 Å². The van der Waals surface area contributed by atoms with E-state index in [-0.39, 0.29) is 6.17 Å². The van der Waals surface area contributed by atoms with Crippen molar-refractivity contribution in [3.05, 3.63) is 47.5 Å². The van der Waals surface area contributed by atoms with Crippen LogP contribution in [0.25, 0.3) is 0 Å². The first-order valence-corrected chi connectivity index (χ1v) is 6.06. The molecule has 1 aromatic rings. The van der Waals surface area contributed by atoms with E-state index in [2.05, 4.69) is 16.8 Å². The fourth-order valence-corrected chi connectivity index (χ4v) is 2.05.